The Labute approximate surface area is 154 Å². The van der Waals surface area contributed by atoms with Gasteiger partial charge in [-0.2, -0.15) is 0 Å². The topological polar surface area (TPSA) is 33.2 Å². The minimum atomic E-state index is -0.0867. The minimum Gasteiger partial charge on any atom is -0.309 e. The maximum atomic E-state index is 12.9. The largest absolute Gasteiger partial charge is 0.309 e. The summed E-state index contributed by atoms with van der Waals surface area (Å²) in [5.41, 5.74) is 2.83. The molecule has 3 nitrogen and oxygen atoms in total. The second-order valence-electron chi connectivity index (χ2n) is 6.01. The summed E-state index contributed by atoms with van der Waals surface area (Å²) in [6.07, 6.45) is 0. The number of aryl methyl sites for hydroxylation is 1. The Kier molecular flexibility index (Phi) is 3.94. The van der Waals surface area contributed by atoms with Gasteiger partial charge >= 0.3 is 0 Å². The fourth-order valence-corrected chi connectivity index (χ4v) is 4.12. The Hall–Kier alpha value is -2.43. The fourth-order valence-electron chi connectivity index (χ4n) is 2.86. The highest BCUT2D eigenvalue weighted by atomic mass is 35.5. The van der Waals surface area contributed by atoms with Gasteiger partial charge in [-0.3, -0.25) is 4.79 Å². The number of halogens is 1. The van der Waals surface area contributed by atoms with Gasteiger partial charge in [0.05, 0.1) is 21.1 Å². The molecular formula is C20H15ClN2OS. The highest BCUT2D eigenvalue weighted by Gasteiger charge is 2.18. The van der Waals surface area contributed by atoms with Crippen LogP contribution in [0.2, 0.25) is 5.02 Å². The number of thiophene rings is 1. The Morgan fingerprint density at radius 1 is 1.08 bits per heavy atom. The number of para-hydroxylation sites is 1. The molecule has 0 aliphatic heterocycles. The maximum absolute atomic E-state index is 12.9. The maximum Gasteiger partial charge on any atom is 0.268 e. The van der Waals surface area contributed by atoms with E-state index in [-0.39, 0.29) is 5.91 Å². The molecule has 2 aromatic heterocycles. The Morgan fingerprint density at radius 3 is 2.68 bits per heavy atom. The van der Waals surface area contributed by atoms with Gasteiger partial charge in [-0.05, 0) is 43.3 Å². The standard InChI is InChI=1S/C20H15ClN2OS/c1-12-7-8-16-13(9-12)10-14-11-18(25-19(14)22-16)20(24)23(2)17-6-4-3-5-15(17)21/h3-11H,1-2H3. The van der Waals surface area contributed by atoms with Crippen LogP contribution in [0.25, 0.3) is 21.1 Å². The van der Waals surface area contributed by atoms with E-state index in [9.17, 15) is 4.79 Å². The monoisotopic (exact) mass is 366 g/mol. The molecule has 2 aromatic carbocycles. The molecule has 5 heteroatoms. The summed E-state index contributed by atoms with van der Waals surface area (Å²) in [5.74, 6) is -0.0867. The van der Waals surface area contributed by atoms with E-state index in [1.165, 1.54) is 16.9 Å². The number of carbonyl (C=O) groups excluding carboxylic acids is 1. The molecule has 4 aromatic rings. The number of aromatic nitrogens is 1. The molecular weight excluding hydrogens is 352 g/mol. The first-order chi connectivity index (χ1) is 12.0. The fraction of sp³-hybridized carbons (Fsp3) is 0.100. The predicted octanol–water partition coefficient (Wildman–Crippen LogP) is 5.69. The lowest BCUT2D eigenvalue weighted by Gasteiger charge is -2.17. The van der Waals surface area contributed by atoms with Gasteiger partial charge in [0.25, 0.3) is 5.91 Å². The quantitative estimate of drug-likeness (QED) is 0.456. The number of amides is 1. The molecule has 0 aliphatic carbocycles. The molecule has 0 saturated heterocycles. The lowest BCUT2D eigenvalue weighted by Crippen LogP contribution is -2.25. The van der Waals surface area contributed by atoms with E-state index in [4.69, 9.17) is 16.6 Å². The van der Waals surface area contributed by atoms with E-state index in [2.05, 4.69) is 19.1 Å². The molecule has 0 saturated carbocycles. The zero-order valence-corrected chi connectivity index (χ0v) is 15.4. The van der Waals surface area contributed by atoms with Crippen LogP contribution in [0.4, 0.5) is 5.69 Å². The van der Waals surface area contributed by atoms with Gasteiger partial charge in [0, 0.05) is 17.8 Å². The van der Waals surface area contributed by atoms with Crippen LogP contribution < -0.4 is 4.90 Å². The number of pyridine rings is 1. The average Bonchev–Trinajstić information content (AvgIpc) is 3.01. The van der Waals surface area contributed by atoms with Gasteiger partial charge in [0.15, 0.2) is 0 Å². The number of hydrogen-bond acceptors (Lipinski definition) is 3. The highest BCUT2D eigenvalue weighted by Crippen LogP contribution is 2.31. The first-order valence-corrected chi connectivity index (χ1v) is 9.06. The summed E-state index contributed by atoms with van der Waals surface area (Å²) in [7, 11) is 1.74. The number of nitrogens with zero attached hydrogens (tertiary/aromatic N) is 2. The number of anilines is 1. The van der Waals surface area contributed by atoms with Gasteiger partial charge in [-0.25, -0.2) is 4.98 Å². The third kappa shape index (κ3) is 2.88. The molecule has 2 heterocycles. The van der Waals surface area contributed by atoms with Gasteiger partial charge in [-0.15, -0.1) is 11.3 Å². The van der Waals surface area contributed by atoms with Crippen molar-refractivity contribution in [1.29, 1.82) is 0 Å². The summed E-state index contributed by atoms with van der Waals surface area (Å²) >= 11 is 7.62. The minimum absolute atomic E-state index is 0.0867. The first-order valence-electron chi connectivity index (χ1n) is 7.86. The second kappa shape index (κ2) is 6.14. The zero-order chi connectivity index (χ0) is 17.6. The lowest BCUT2D eigenvalue weighted by molar-refractivity contribution is 0.0997. The Morgan fingerprint density at radius 2 is 1.88 bits per heavy atom. The number of rotatable bonds is 2. The molecule has 0 atom stereocenters. The molecule has 0 spiro atoms. The van der Waals surface area contributed by atoms with E-state index in [1.54, 1.807) is 18.0 Å². The molecule has 124 valence electrons. The van der Waals surface area contributed by atoms with E-state index in [0.29, 0.717) is 15.6 Å². The molecule has 0 bridgehead atoms. The number of fused-ring (bicyclic) bond motifs is 2. The van der Waals surface area contributed by atoms with Crippen LogP contribution in [0, 0.1) is 6.92 Å². The highest BCUT2D eigenvalue weighted by molar-refractivity contribution is 7.20. The number of benzene rings is 2. The number of hydrogen-bond donors (Lipinski definition) is 0. The van der Waals surface area contributed by atoms with E-state index >= 15 is 0 Å². The number of carbonyl (C=O) groups is 1. The lowest BCUT2D eigenvalue weighted by atomic mass is 10.1. The van der Waals surface area contributed by atoms with E-state index in [1.807, 2.05) is 36.4 Å². The Balaban J connectivity index is 1.77. The molecule has 25 heavy (non-hydrogen) atoms. The molecule has 0 unspecified atom stereocenters. The van der Waals surface area contributed by atoms with Crippen LogP contribution in [0.15, 0.2) is 54.6 Å². The van der Waals surface area contributed by atoms with Crippen molar-refractivity contribution < 1.29 is 4.79 Å². The summed E-state index contributed by atoms with van der Waals surface area (Å²) in [4.78, 5) is 20.7. The molecule has 4 rings (SSSR count). The summed E-state index contributed by atoms with van der Waals surface area (Å²) in [5, 5.41) is 2.63. The van der Waals surface area contributed by atoms with Crippen molar-refractivity contribution in [2.45, 2.75) is 6.92 Å². The third-order valence-corrected chi connectivity index (χ3v) is 5.54. The van der Waals surface area contributed by atoms with E-state index in [0.717, 1.165) is 21.1 Å². The molecule has 0 radical (unpaired) electrons. The smallest absolute Gasteiger partial charge is 0.268 e. The van der Waals surface area contributed by atoms with Gasteiger partial charge < -0.3 is 4.90 Å². The molecule has 1 amide bonds. The van der Waals surface area contributed by atoms with Crippen molar-refractivity contribution in [2.24, 2.45) is 0 Å². The van der Waals surface area contributed by atoms with Gasteiger partial charge in [0.1, 0.15) is 4.83 Å². The predicted molar refractivity (Wildman–Crippen MR) is 106 cm³/mol. The summed E-state index contributed by atoms with van der Waals surface area (Å²) in [6.45, 7) is 2.06. The van der Waals surface area contributed by atoms with Crippen molar-refractivity contribution >= 4 is 55.7 Å². The van der Waals surface area contributed by atoms with E-state index < -0.39 is 0 Å². The van der Waals surface area contributed by atoms with Crippen LogP contribution in [-0.4, -0.2) is 17.9 Å². The average molecular weight is 367 g/mol. The molecule has 0 aliphatic rings. The second-order valence-corrected chi connectivity index (χ2v) is 7.44. The third-order valence-electron chi connectivity index (χ3n) is 4.19. The van der Waals surface area contributed by atoms with Crippen LogP contribution in [0.1, 0.15) is 15.2 Å². The zero-order valence-electron chi connectivity index (χ0n) is 13.8. The summed E-state index contributed by atoms with van der Waals surface area (Å²) < 4.78 is 0. The molecule has 0 fully saturated rings. The SMILES string of the molecule is Cc1ccc2nc3sc(C(=O)N(C)c4ccccc4Cl)cc3cc2c1. The molecule has 0 N–H and O–H groups in total. The van der Waals surface area contributed by atoms with Crippen LogP contribution in [0.3, 0.4) is 0 Å². The van der Waals surface area contributed by atoms with Crippen molar-refractivity contribution in [3.05, 3.63) is 70.1 Å². The first kappa shape index (κ1) is 16.1. The van der Waals surface area contributed by atoms with Crippen LogP contribution in [0.5, 0.6) is 0 Å². The normalized spacial score (nSPS) is 11.2. The Bertz CT molecular complexity index is 1120. The van der Waals surface area contributed by atoms with Gasteiger partial charge in [0.2, 0.25) is 0 Å². The van der Waals surface area contributed by atoms with Crippen LogP contribution >= 0.6 is 22.9 Å². The van der Waals surface area contributed by atoms with Crippen molar-refractivity contribution in [1.82, 2.24) is 4.98 Å². The van der Waals surface area contributed by atoms with Crippen LogP contribution in [-0.2, 0) is 0 Å². The van der Waals surface area contributed by atoms with Crippen molar-refractivity contribution in [3.8, 4) is 0 Å². The van der Waals surface area contributed by atoms with Crippen molar-refractivity contribution in [3.63, 3.8) is 0 Å². The summed E-state index contributed by atoms with van der Waals surface area (Å²) in [6, 6.07) is 17.5. The van der Waals surface area contributed by atoms with Crippen molar-refractivity contribution in [2.75, 3.05) is 11.9 Å². The van der Waals surface area contributed by atoms with Gasteiger partial charge in [-0.1, -0.05) is 35.4 Å².